The predicted octanol–water partition coefficient (Wildman–Crippen LogP) is 4.42. The Morgan fingerprint density at radius 2 is 1.69 bits per heavy atom. The van der Waals surface area contributed by atoms with E-state index < -0.39 is 0 Å². The summed E-state index contributed by atoms with van der Waals surface area (Å²) in [6.07, 6.45) is 4.13. The van der Waals surface area contributed by atoms with Gasteiger partial charge in [0, 0.05) is 10.9 Å². The minimum absolute atomic E-state index is 0.0277. The number of hydrogen-bond acceptors (Lipinski definition) is 4. The van der Waals surface area contributed by atoms with E-state index in [1.54, 1.807) is 7.11 Å². The molecule has 2 aromatic carbocycles. The highest BCUT2D eigenvalue weighted by Gasteiger charge is 2.44. The van der Waals surface area contributed by atoms with Crippen LogP contribution in [0.15, 0.2) is 54.9 Å². The molecule has 1 aromatic heterocycles. The van der Waals surface area contributed by atoms with Gasteiger partial charge in [0.15, 0.2) is 0 Å². The molecule has 148 valence electrons. The van der Waals surface area contributed by atoms with Gasteiger partial charge in [-0.15, -0.1) is 0 Å². The van der Waals surface area contributed by atoms with Crippen LogP contribution in [0, 0.1) is 5.92 Å². The summed E-state index contributed by atoms with van der Waals surface area (Å²) in [5.74, 6) is 1.62. The van der Waals surface area contributed by atoms with Crippen LogP contribution >= 0.6 is 11.6 Å². The minimum Gasteiger partial charge on any atom is -0.497 e. The van der Waals surface area contributed by atoms with Crippen molar-refractivity contribution in [3.05, 3.63) is 71.0 Å². The Labute approximate surface area is 174 Å². The Hall–Kier alpha value is -2.86. The van der Waals surface area contributed by atoms with Crippen molar-refractivity contribution in [2.24, 2.45) is 5.92 Å². The van der Waals surface area contributed by atoms with E-state index in [1.807, 2.05) is 58.1 Å². The van der Waals surface area contributed by atoms with Gasteiger partial charge < -0.3 is 4.74 Å². The normalized spacial score (nSPS) is 21.0. The van der Waals surface area contributed by atoms with E-state index in [2.05, 4.69) is 10.1 Å². The molecule has 5 rings (SSSR count). The molecule has 6 nitrogen and oxygen atoms in total. The van der Waals surface area contributed by atoms with Crippen molar-refractivity contribution in [1.29, 1.82) is 0 Å². The number of carbonyl (C=O) groups is 1. The number of fused-ring (bicyclic) bond motifs is 1. The number of benzene rings is 2. The van der Waals surface area contributed by atoms with Gasteiger partial charge in [0.1, 0.15) is 12.1 Å². The summed E-state index contributed by atoms with van der Waals surface area (Å²) in [5.41, 5.74) is 2.16. The van der Waals surface area contributed by atoms with Crippen molar-refractivity contribution >= 4 is 23.5 Å². The molecular weight excluding hydrogens is 388 g/mol. The molecule has 0 radical (unpaired) electrons. The summed E-state index contributed by atoms with van der Waals surface area (Å²) in [6.45, 7) is 0. The smallest absolute Gasteiger partial charge is 0.233 e. The molecule has 0 saturated heterocycles. The highest BCUT2D eigenvalue weighted by atomic mass is 35.5. The number of methoxy groups -OCH3 is 1. The maximum absolute atomic E-state index is 13.2. The summed E-state index contributed by atoms with van der Waals surface area (Å²) in [6, 6.07) is 15.6. The number of carbonyl (C=O) groups excluding carboxylic acids is 1. The first-order valence-corrected chi connectivity index (χ1v) is 10.2. The molecule has 0 spiro atoms. The third-order valence-corrected chi connectivity index (χ3v) is 5.99. The lowest BCUT2D eigenvalue weighted by Gasteiger charge is -2.39. The molecule has 29 heavy (non-hydrogen) atoms. The number of nitrogens with zero attached hydrogens (tertiary/aromatic N) is 4. The molecule has 7 heteroatoms. The summed E-state index contributed by atoms with van der Waals surface area (Å²) in [4.78, 5) is 19.5. The number of anilines is 1. The van der Waals surface area contributed by atoms with Crippen LogP contribution in [0.2, 0.25) is 5.02 Å². The van der Waals surface area contributed by atoms with Crippen LogP contribution in [0.3, 0.4) is 0 Å². The van der Waals surface area contributed by atoms with Crippen LogP contribution in [0.4, 0.5) is 5.95 Å². The van der Waals surface area contributed by atoms with Gasteiger partial charge in [-0.2, -0.15) is 10.1 Å². The second kappa shape index (κ2) is 7.19. The Morgan fingerprint density at radius 3 is 2.34 bits per heavy atom. The Morgan fingerprint density at radius 1 is 1.03 bits per heavy atom. The van der Waals surface area contributed by atoms with Crippen molar-refractivity contribution in [2.45, 2.75) is 31.3 Å². The molecule has 1 aliphatic heterocycles. The Balaban J connectivity index is 1.60. The number of halogens is 1. The zero-order valence-corrected chi connectivity index (χ0v) is 16.8. The summed E-state index contributed by atoms with van der Waals surface area (Å²) >= 11 is 6.09. The average molecular weight is 409 g/mol. The zero-order valence-electron chi connectivity index (χ0n) is 16.0. The first-order valence-electron chi connectivity index (χ1n) is 9.77. The fourth-order valence-corrected chi connectivity index (χ4v) is 4.17. The van der Waals surface area contributed by atoms with E-state index in [-0.39, 0.29) is 23.9 Å². The number of hydrogen-bond donors (Lipinski definition) is 0. The van der Waals surface area contributed by atoms with Gasteiger partial charge in [-0.25, -0.2) is 4.68 Å². The fourth-order valence-electron chi connectivity index (χ4n) is 4.05. The van der Waals surface area contributed by atoms with Crippen molar-refractivity contribution < 1.29 is 9.53 Å². The molecule has 2 unspecified atom stereocenters. The molecule has 1 amide bonds. The van der Waals surface area contributed by atoms with E-state index in [1.165, 1.54) is 6.33 Å². The summed E-state index contributed by atoms with van der Waals surface area (Å²) in [7, 11) is 1.65. The zero-order chi connectivity index (χ0) is 20.0. The van der Waals surface area contributed by atoms with E-state index in [0.717, 1.165) is 29.7 Å². The largest absolute Gasteiger partial charge is 0.497 e. The van der Waals surface area contributed by atoms with Crippen LogP contribution in [0.5, 0.6) is 5.75 Å². The first kappa shape index (κ1) is 18.2. The molecule has 0 bridgehead atoms. The summed E-state index contributed by atoms with van der Waals surface area (Å²) < 4.78 is 7.17. The topological polar surface area (TPSA) is 60.2 Å². The second-order valence-electron chi connectivity index (χ2n) is 7.58. The van der Waals surface area contributed by atoms with E-state index in [9.17, 15) is 4.79 Å². The molecule has 2 aliphatic rings. The number of rotatable bonds is 4. The lowest BCUT2D eigenvalue weighted by molar-refractivity contribution is -0.120. The van der Waals surface area contributed by atoms with E-state index in [4.69, 9.17) is 16.3 Å². The molecule has 0 N–H and O–H groups in total. The van der Waals surface area contributed by atoms with Crippen molar-refractivity contribution in [1.82, 2.24) is 14.8 Å². The van der Waals surface area contributed by atoms with Crippen molar-refractivity contribution in [3.63, 3.8) is 0 Å². The lowest BCUT2D eigenvalue weighted by Crippen LogP contribution is -2.43. The highest BCUT2D eigenvalue weighted by molar-refractivity contribution is 6.30. The molecule has 1 saturated carbocycles. The molecule has 2 heterocycles. The van der Waals surface area contributed by atoms with Crippen LogP contribution in [0.1, 0.15) is 42.5 Å². The van der Waals surface area contributed by atoms with E-state index >= 15 is 0 Å². The predicted molar refractivity (Wildman–Crippen MR) is 110 cm³/mol. The second-order valence-corrected chi connectivity index (χ2v) is 8.02. The average Bonchev–Trinajstić information content (AvgIpc) is 3.50. The van der Waals surface area contributed by atoms with Gasteiger partial charge in [0.25, 0.3) is 0 Å². The SMILES string of the molecule is COc1ccc(C2CC(c3ccc(Cl)cc3)n3ncnc3N2C(=O)C2CC2)cc1. The Kier molecular flexibility index (Phi) is 4.51. The van der Waals surface area contributed by atoms with Gasteiger partial charge in [0.05, 0.1) is 19.2 Å². The number of amides is 1. The van der Waals surface area contributed by atoms with E-state index in [0.29, 0.717) is 17.4 Å². The number of aromatic nitrogens is 3. The maximum atomic E-state index is 13.2. The first-order chi connectivity index (χ1) is 14.2. The van der Waals surface area contributed by atoms with Gasteiger partial charge in [-0.05, 0) is 54.7 Å². The van der Waals surface area contributed by atoms with Gasteiger partial charge in [-0.3, -0.25) is 9.69 Å². The third-order valence-electron chi connectivity index (χ3n) is 5.74. The molecule has 2 atom stereocenters. The van der Waals surface area contributed by atoms with Crippen molar-refractivity contribution in [3.8, 4) is 5.75 Å². The highest BCUT2D eigenvalue weighted by Crippen LogP contribution is 2.45. The maximum Gasteiger partial charge on any atom is 0.233 e. The van der Waals surface area contributed by atoms with Gasteiger partial charge in [-0.1, -0.05) is 35.9 Å². The molecule has 1 fully saturated rings. The number of ether oxygens (including phenoxy) is 1. The summed E-state index contributed by atoms with van der Waals surface area (Å²) in [5, 5.41) is 5.16. The lowest BCUT2D eigenvalue weighted by atomic mass is 9.91. The minimum atomic E-state index is -0.119. The van der Waals surface area contributed by atoms with Gasteiger partial charge >= 0.3 is 0 Å². The van der Waals surface area contributed by atoms with Crippen LogP contribution < -0.4 is 9.64 Å². The van der Waals surface area contributed by atoms with Crippen molar-refractivity contribution in [2.75, 3.05) is 12.0 Å². The monoisotopic (exact) mass is 408 g/mol. The van der Waals surface area contributed by atoms with Crippen LogP contribution in [-0.4, -0.2) is 27.8 Å². The fraction of sp³-hybridized carbons (Fsp3) is 0.318. The quantitative estimate of drug-likeness (QED) is 0.641. The molecular formula is C22H21ClN4O2. The standard InChI is InChI=1S/C22H21ClN4O2/c1-29-18-10-6-14(7-11-18)19-12-20(15-4-8-17(23)9-5-15)27-22(24-13-25-27)26(19)21(28)16-2-3-16/h4-11,13,16,19-20H,2-3,12H2,1H3. The molecule has 1 aliphatic carbocycles. The van der Waals surface area contributed by atoms with Gasteiger partial charge in [0.2, 0.25) is 11.9 Å². The Bertz CT molecular complexity index is 1030. The van der Waals surface area contributed by atoms with Crippen LogP contribution in [0.25, 0.3) is 0 Å². The molecule has 3 aromatic rings. The van der Waals surface area contributed by atoms with Crippen LogP contribution in [-0.2, 0) is 4.79 Å². The third kappa shape index (κ3) is 3.27.